The monoisotopic (exact) mass is 322 g/mol. The number of hydrogen-bond donors (Lipinski definition) is 1. The molecule has 2 aromatic carbocycles. The highest BCUT2D eigenvalue weighted by Gasteiger charge is 2.17. The summed E-state index contributed by atoms with van der Waals surface area (Å²) in [4.78, 5) is 2.18. The molecule has 2 rings (SSSR count). The lowest BCUT2D eigenvalue weighted by Gasteiger charge is -2.30. The summed E-state index contributed by atoms with van der Waals surface area (Å²) in [5.41, 5.74) is 10.7. The van der Waals surface area contributed by atoms with Gasteiger partial charge in [0.2, 0.25) is 0 Å². The molecule has 0 radical (unpaired) electrons. The van der Waals surface area contributed by atoms with E-state index in [2.05, 4.69) is 36.9 Å². The summed E-state index contributed by atoms with van der Waals surface area (Å²) in [6.45, 7) is 4.70. The molecule has 0 aromatic heterocycles. The molecule has 0 saturated carbocycles. The van der Waals surface area contributed by atoms with Gasteiger partial charge < -0.3 is 10.6 Å². The zero-order valence-electron chi connectivity index (χ0n) is 12.5. The van der Waals surface area contributed by atoms with E-state index in [9.17, 15) is 0 Å². The van der Waals surface area contributed by atoms with Crippen LogP contribution in [-0.2, 0) is 0 Å². The maximum Gasteiger partial charge on any atom is 0.0662 e. The zero-order chi connectivity index (χ0) is 15.6. The van der Waals surface area contributed by atoms with Gasteiger partial charge in [-0.15, -0.1) is 0 Å². The molecule has 21 heavy (non-hydrogen) atoms. The number of aryl methyl sites for hydroxylation is 2. The molecule has 112 valence electrons. The highest BCUT2D eigenvalue weighted by Crippen LogP contribution is 2.30. The predicted octanol–water partition coefficient (Wildman–Crippen LogP) is 4.75. The fraction of sp³-hybridized carbons (Fsp3) is 0.294. The van der Waals surface area contributed by atoms with E-state index in [-0.39, 0.29) is 6.04 Å². The minimum Gasteiger partial charge on any atom is -0.366 e. The number of nitrogens with two attached hydrogens (primary N) is 1. The Kier molecular flexibility index (Phi) is 5.15. The largest absolute Gasteiger partial charge is 0.366 e. The fourth-order valence-electron chi connectivity index (χ4n) is 2.57. The molecule has 0 aliphatic carbocycles. The predicted molar refractivity (Wildman–Crippen MR) is 92.6 cm³/mol. The lowest BCUT2D eigenvalue weighted by Crippen LogP contribution is -2.30. The number of halogens is 2. The first-order valence-electron chi connectivity index (χ1n) is 6.88. The van der Waals surface area contributed by atoms with E-state index < -0.39 is 0 Å². The van der Waals surface area contributed by atoms with Gasteiger partial charge in [-0.1, -0.05) is 35.3 Å². The van der Waals surface area contributed by atoms with E-state index in [4.69, 9.17) is 28.9 Å². The third-order valence-electron chi connectivity index (χ3n) is 3.63. The lowest BCUT2D eigenvalue weighted by molar-refractivity contribution is 0.680. The molecule has 2 N–H and O–H groups in total. The van der Waals surface area contributed by atoms with E-state index in [1.54, 1.807) is 0 Å². The zero-order valence-corrected chi connectivity index (χ0v) is 14.0. The second-order valence-corrected chi connectivity index (χ2v) is 6.20. The molecule has 0 fully saturated rings. The third kappa shape index (κ3) is 3.70. The molecule has 4 heteroatoms. The van der Waals surface area contributed by atoms with Gasteiger partial charge in [-0.3, -0.25) is 0 Å². The summed E-state index contributed by atoms with van der Waals surface area (Å²) in [5.74, 6) is 0. The Bertz CT molecular complexity index is 620. The van der Waals surface area contributed by atoms with E-state index in [0.717, 1.165) is 11.3 Å². The van der Waals surface area contributed by atoms with E-state index in [0.29, 0.717) is 16.6 Å². The van der Waals surface area contributed by atoms with Crippen LogP contribution < -0.4 is 10.6 Å². The Balaban J connectivity index is 2.37. The molecule has 1 atom stereocenters. The molecular formula is C17H20Cl2N2. The molecule has 0 saturated heterocycles. The average molecular weight is 323 g/mol. The maximum atomic E-state index is 6.12. The van der Waals surface area contributed by atoms with Crippen LogP contribution in [0.4, 0.5) is 5.69 Å². The number of hydrogen-bond acceptors (Lipinski definition) is 2. The second-order valence-electron chi connectivity index (χ2n) is 5.38. The standard InChI is InChI=1S/C17H20Cl2N2/c1-11-6-12(2)8-14(7-11)21(3)17(10-20)13-4-5-15(18)16(19)9-13/h4-9,17H,10,20H2,1-3H3. The SMILES string of the molecule is Cc1cc(C)cc(N(C)C(CN)c2ccc(Cl)c(Cl)c2)c1. The van der Waals surface area contributed by atoms with Crippen molar-refractivity contribution in [3.05, 3.63) is 63.1 Å². The van der Waals surface area contributed by atoms with Crippen LogP contribution in [0.15, 0.2) is 36.4 Å². The maximum absolute atomic E-state index is 6.12. The number of rotatable bonds is 4. The quantitative estimate of drug-likeness (QED) is 0.880. The minimum absolute atomic E-state index is 0.0565. The first kappa shape index (κ1) is 16.2. The van der Waals surface area contributed by atoms with E-state index >= 15 is 0 Å². The topological polar surface area (TPSA) is 29.3 Å². The van der Waals surface area contributed by atoms with Gasteiger partial charge in [0.05, 0.1) is 16.1 Å². The Hall–Kier alpha value is -1.22. The molecule has 0 spiro atoms. The van der Waals surface area contributed by atoms with Gasteiger partial charge in [-0.25, -0.2) is 0 Å². The first-order chi connectivity index (χ1) is 9.92. The Morgan fingerprint density at radius 1 is 1.00 bits per heavy atom. The van der Waals surface area contributed by atoms with Gasteiger partial charge in [-0.05, 0) is 54.8 Å². The van der Waals surface area contributed by atoms with Crippen molar-refractivity contribution in [1.82, 2.24) is 0 Å². The highest BCUT2D eigenvalue weighted by molar-refractivity contribution is 6.42. The number of nitrogens with zero attached hydrogens (tertiary/aromatic N) is 1. The first-order valence-corrected chi connectivity index (χ1v) is 7.64. The van der Waals surface area contributed by atoms with Crippen molar-refractivity contribution in [2.75, 3.05) is 18.5 Å². The summed E-state index contributed by atoms with van der Waals surface area (Å²) < 4.78 is 0. The summed E-state index contributed by atoms with van der Waals surface area (Å²) in [5, 5.41) is 1.12. The molecule has 0 bridgehead atoms. The Morgan fingerprint density at radius 3 is 2.14 bits per heavy atom. The minimum atomic E-state index is 0.0565. The molecule has 1 unspecified atom stereocenters. The number of anilines is 1. The van der Waals surface area contributed by atoms with Crippen LogP contribution in [0.3, 0.4) is 0 Å². The number of benzene rings is 2. The van der Waals surface area contributed by atoms with Gasteiger partial charge in [0.15, 0.2) is 0 Å². The summed E-state index contributed by atoms with van der Waals surface area (Å²) >= 11 is 12.1. The van der Waals surface area contributed by atoms with Crippen LogP contribution in [0.25, 0.3) is 0 Å². The van der Waals surface area contributed by atoms with Crippen LogP contribution in [0.2, 0.25) is 10.0 Å². The van der Waals surface area contributed by atoms with Crippen molar-refractivity contribution >= 4 is 28.9 Å². The summed E-state index contributed by atoms with van der Waals surface area (Å²) in [6, 6.07) is 12.2. The van der Waals surface area contributed by atoms with Gasteiger partial charge in [0.25, 0.3) is 0 Å². The second kappa shape index (κ2) is 6.69. The molecule has 0 amide bonds. The molecule has 2 aromatic rings. The summed E-state index contributed by atoms with van der Waals surface area (Å²) in [7, 11) is 2.05. The van der Waals surface area contributed by atoms with Crippen molar-refractivity contribution in [3.63, 3.8) is 0 Å². The van der Waals surface area contributed by atoms with Crippen molar-refractivity contribution in [1.29, 1.82) is 0 Å². The number of likely N-dealkylation sites (N-methyl/N-ethyl adjacent to an activating group) is 1. The van der Waals surface area contributed by atoms with Gasteiger partial charge in [0.1, 0.15) is 0 Å². The fourth-order valence-corrected chi connectivity index (χ4v) is 2.88. The van der Waals surface area contributed by atoms with Crippen molar-refractivity contribution < 1.29 is 0 Å². The molecule has 0 aliphatic heterocycles. The third-order valence-corrected chi connectivity index (χ3v) is 4.37. The smallest absolute Gasteiger partial charge is 0.0662 e. The van der Waals surface area contributed by atoms with Crippen molar-refractivity contribution in [2.45, 2.75) is 19.9 Å². The average Bonchev–Trinajstić information content (AvgIpc) is 2.42. The van der Waals surface area contributed by atoms with Crippen LogP contribution in [-0.4, -0.2) is 13.6 Å². The van der Waals surface area contributed by atoms with E-state index in [1.165, 1.54) is 11.1 Å². The lowest BCUT2D eigenvalue weighted by atomic mass is 10.0. The van der Waals surface area contributed by atoms with Crippen molar-refractivity contribution in [3.8, 4) is 0 Å². The van der Waals surface area contributed by atoms with Crippen LogP contribution in [0.1, 0.15) is 22.7 Å². The normalized spacial score (nSPS) is 12.3. The Labute approximate surface area is 136 Å². The van der Waals surface area contributed by atoms with Gasteiger partial charge in [-0.2, -0.15) is 0 Å². The molecule has 0 heterocycles. The highest BCUT2D eigenvalue weighted by atomic mass is 35.5. The molecular weight excluding hydrogens is 303 g/mol. The van der Waals surface area contributed by atoms with E-state index in [1.807, 2.05) is 25.2 Å². The molecule has 2 nitrogen and oxygen atoms in total. The van der Waals surface area contributed by atoms with Gasteiger partial charge in [0, 0.05) is 19.3 Å². The summed E-state index contributed by atoms with van der Waals surface area (Å²) in [6.07, 6.45) is 0. The van der Waals surface area contributed by atoms with Gasteiger partial charge >= 0.3 is 0 Å². The van der Waals surface area contributed by atoms with Crippen LogP contribution in [0.5, 0.6) is 0 Å². The van der Waals surface area contributed by atoms with Crippen molar-refractivity contribution in [2.24, 2.45) is 5.73 Å². The Morgan fingerprint density at radius 2 is 1.62 bits per heavy atom. The van der Waals surface area contributed by atoms with Crippen LogP contribution in [0, 0.1) is 13.8 Å². The molecule has 0 aliphatic rings. The van der Waals surface area contributed by atoms with Crippen LogP contribution >= 0.6 is 23.2 Å².